The second-order valence-corrected chi connectivity index (χ2v) is 5.70. The van der Waals surface area contributed by atoms with Crippen LogP contribution in [0.2, 0.25) is 10.0 Å². The first-order valence-corrected chi connectivity index (χ1v) is 7.45. The summed E-state index contributed by atoms with van der Waals surface area (Å²) in [6, 6.07) is 4.65. The smallest absolute Gasteiger partial charge is 0.344 e. The third kappa shape index (κ3) is 4.03. The van der Waals surface area contributed by atoms with E-state index in [4.69, 9.17) is 32.5 Å². The quantitative estimate of drug-likeness (QED) is 0.842. The molecule has 0 aliphatic carbocycles. The van der Waals surface area contributed by atoms with Crippen molar-refractivity contribution in [3.05, 3.63) is 45.3 Å². The molecular weight excluding hydrogens is 343 g/mol. The fourth-order valence-electron chi connectivity index (χ4n) is 1.87. The number of ether oxygens (including phenoxy) is 1. The third-order valence-corrected chi connectivity index (χ3v) is 3.63. The van der Waals surface area contributed by atoms with E-state index in [1.165, 1.54) is 13.0 Å². The van der Waals surface area contributed by atoms with Crippen LogP contribution in [0.4, 0.5) is 5.69 Å². The lowest BCUT2D eigenvalue weighted by Gasteiger charge is -2.14. The lowest BCUT2D eigenvalue weighted by molar-refractivity contribution is -0.123. The van der Waals surface area contributed by atoms with E-state index < -0.39 is 18.0 Å². The number of aryl methyl sites for hydroxylation is 2. The first kappa shape index (κ1) is 17.3. The van der Waals surface area contributed by atoms with Crippen molar-refractivity contribution in [3.8, 4) is 0 Å². The molecule has 0 unspecified atom stereocenters. The number of nitrogens with one attached hydrogen (secondary N) is 1. The van der Waals surface area contributed by atoms with Crippen molar-refractivity contribution in [2.24, 2.45) is 0 Å². The van der Waals surface area contributed by atoms with Gasteiger partial charge in [-0.3, -0.25) is 4.79 Å². The normalized spacial score (nSPS) is 11.9. The molecule has 1 atom stereocenters. The Kier molecular flexibility index (Phi) is 5.28. The van der Waals surface area contributed by atoms with Crippen LogP contribution >= 0.6 is 23.2 Å². The Balaban J connectivity index is 2.04. The standard InChI is InChI=1S/C15H14Cl2N2O4/c1-7-13(8(2)23-19-7)15(21)22-9(3)14(20)18-12-5-4-10(16)6-11(12)17/h4-6,9H,1-3H3,(H,18,20)/t9-/m0/s1. The van der Waals surface area contributed by atoms with Crippen molar-refractivity contribution in [3.63, 3.8) is 0 Å². The van der Waals surface area contributed by atoms with Crippen molar-refractivity contribution < 1.29 is 18.8 Å². The number of nitrogens with zero attached hydrogens (tertiary/aromatic N) is 1. The maximum Gasteiger partial charge on any atom is 0.344 e. The summed E-state index contributed by atoms with van der Waals surface area (Å²) in [4.78, 5) is 24.2. The third-order valence-electron chi connectivity index (χ3n) is 3.08. The molecule has 0 radical (unpaired) electrons. The van der Waals surface area contributed by atoms with Crippen LogP contribution in [0.5, 0.6) is 0 Å². The fourth-order valence-corrected chi connectivity index (χ4v) is 2.33. The van der Waals surface area contributed by atoms with Gasteiger partial charge in [0.2, 0.25) is 0 Å². The van der Waals surface area contributed by atoms with E-state index in [1.807, 2.05) is 0 Å². The van der Waals surface area contributed by atoms with Crippen molar-refractivity contribution in [1.29, 1.82) is 0 Å². The van der Waals surface area contributed by atoms with E-state index in [2.05, 4.69) is 10.5 Å². The van der Waals surface area contributed by atoms with Gasteiger partial charge in [-0.25, -0.2) is 4.79 Å². The van der Waals surface area contributed by atoms with Crippen molar-refractivity contribution >= 4 is 40.8 Å². The van der Waals surface area contributed by atoms with Crippen LogP contribution in [0.1, 0.15) is 28.7 Å². The molecule has 6 nitrogen and oxygen atoms in total. The molecule has 1 aromatic heterocycles. The van der Waals surface area contributed by atoms with Crippen molar-refractivity contribution in [2.75, 3.05) is 5.32 Å². The van der Waals surface area contributed by atoms with Gasteiger partial charge in [-0.1, -0.05) is 28.4 Å². The predicted octanol–water partition coefficient (Wildman–Crippen LogP) is 3.78. The molecule has 0 aliphatic rings. The topological polar surface area (TPSA) is 81.4 Å². The highest BCUT2D eigenvalue weighted by Crippen LogP contribution is 2.25. The summed E-state index contributed by atoms with van der Waals surface area (Å²) in [5.74, 6) is -0.860. The summed E-state index contributed by atoms with van der Waals surface area (Å²) >= 11 is 11.8. The molecule has 0 saturated heterocycles. The Morgan fingerprint density at radius 1 is 1.30 bits per heavy atom. The van der Waals surface area contributed by atoms with Crippen LogP contribution in [0.15, 0.2) is 22.7 Å². The van der Waals surface area contributed by atoms with E-state index in [-0.39, 0.29) is 10.6 Å². The second-order valence-electron chi connectivity index (χ2n) is 4.86. The molecule has 2 aromatic rings. The van der Waals surface area contributed by atoms with Gasteiger partial charge in [0, 0.05) is 5.02 Å². The minimum absolute atomic E-state index is 0.217. The van der Waals surface area contributed by atoms with Crippen molar-refractivity contribution in [2.45, 2.75) is 26.9 Å². The Morgan fingerprint density at radius 3 is 2.57 bits per heavy atom. The number of anilines is 1. The number of rotatable bonds is 4. The molecule has 0 bridgehead atoms. The summed E-state index contributed by atoms with van der Waals surface area (Å²) < 4.78 is 10.0. The number of amides is 1. The number of esters is 1. The van der Waals surface area contributed by atoms with E-state index in [9.17, 15) is 9.59 Å². The van der Waals surface area contributed by atoms with Gasteiger partial charge in [-0.15, -0.1) is 0 Å². The SMILES string of the molecule is Cc1noc(C)c1C(=O)O[C@@H](C)C(=O)Nc1ccc(Cl)cc1Cl. The van der Waals surface area contributed by atoms with Gasteiger partial charge in [-0.2, -0.15) is 0 Å². The maximum absolute atomic E-state index is 12.1. The van der Waals surface area contributed by atoms with Crippen LogP contribution in [-0.4, -0.2) is 23.1 Å². The van der Waals surface area contributed by atoms with E-state index >= 15 is 0 Å². The largest absolute Gasteiger partial charge is 0.449 e. The Hall–Kier alpha value is -2.05. The minimum Gasteiger partial charge on any atom is -0.449 e. The highest BCUT2D eigenvalue weighted by molar-refractivity contribution is 6.36. The van der Waals surface area contributed by atoms with Crippen LogP contribution in [0, 0.1) is 13.8 Å². The Morgan fingerprint density at radius 2 is 2.00 bits per heavy atom. The van der Waals surface area contributed by atoms with Crippen LogP contribution in [0.25, 0.3) is 0 Å². The molecule has 1 N–H and O–H groups in total. The second kappa shape index (κ2) is 7.02. The molecule has 8 heteroatoms. The molecule has 0 spiro atoms. The molecule has 122 valence electrons. The summed E-state index contributed by atoms with van der Waals surface area (Å²) in [7, 11) is 0. The number of hydrogen-bond donors (Lipinski definition) is 1. The average Bonchev–Trinajstić information content (AvgIpc) is 2.81. The summed E-state index contributed by atoms with van der Waals surface area (Å²) in [6.45, 7) is 4.66. The van der Waals surface area contributed by atoms with Crippen LogP contribution < -0.4 is 5.32 Å². The molecule has 2 rings (SSSR count). The number of carbonyl (C=O) groups excluding carboxylic acids is 2. The monoisotopic (exact) mass is 356 g/mol. The lowest BCUT2D eigenvalue weighted by Crippen LogP contribution is -2.30. The van der Waals surface area contributed by atoms with Crippen molar-refractivity contribution in [1.82, 2.24) is 5.16 Å². The van der Waals surface area contributed by atoms with Gasteiger partial charge in [0.1, 0.15) is 11.3 Å². The van der Waals surface area contributed by atoms with Gasteiger partial charge >= 0.3 is 5.97 Å². The number of benzene rings is 1. The van der Waals surface area contributed by atoms with Gasteiger partial charge in [-0.05, 0) is 39.0 Å². The number of aromatic nitrogens is 1. The number of hydrogen-bond acceptors (Lipinski definition) is 5. The van der Waals surface area contributed by atoms with Gasteiger partial charge < -0.3 is 14.6 Å². The van der Waals surface area contributed by atoms with E-state index in [0.717, 1.165) is 0 Å². The Bertz CT molecular complexity index is 738. The Labute approximate surface area is 142 Å². The number of carbonyl (C=O) groups is 2. The zero-order valence-corrected chi connectivity index (χ0v) is 14.2. The molecule has 1 amide bonds. The van der Waals surface area contributed by atoms with E-state index in [1.54, 1.807) is 26.0 Å². The highest BCUT2D eigenvalue weighted by atomic mass is 35.5. The first-order valence-electron chi connectivity index (χ1n) is 6.69. The molecule has 1 aromatic carbocycles. The van der Waals surface area contributed by atoms with Gasteiger partial charge in [0.15, 0.2) is 6.10 Å². The molecule has 1 heterocycles. The summed E-state index contributed by atoms with van der Waals surface area (Å²) in [5, 5.41) is 6.98. The molecule has 23 heavy (non-hydrogen) atoms. The molecule has 0 fully saturated rings. The maximum atomic E-state index is 12.1. The molecule has 0 saturated carbocycles. The van der Waals surface area contributed by atoms with Gasteiger partial charge in [0.05, 0.1) is 16.4 Å². The fraction of sp³-hybridized carbons (Fsp3) is 0.267. The highest BCUT2D eigenvalue weighted by Gasteiger charge is 2.24. The predicted molar refractivity (Wildman–Crippen MR) is 85.9 cm³/mol. The summed E-state index contributed by atoms with van der Waals surface area (Å²) in [6.07, 6.45) is -1.03. The lowest BCUT2D eigenvalue weighted by atomic mass is 10.2. The summed E-state index contributed by atoms with van der Waals surface area (Å²) in [5.41, 5.74) is 0.997. The van der Waals surface area contributed by atoms with E-state index in [0.29, 0.717) is 22.2 Å². The van der Waals surface area contributed by atoms with Crippen LogP contribution in [-0.2, 0) is 9.53 Å². The zero-order chi connectivity index (χ0) is 17.1. The molecular formula is C15H14Cl2N2O4. The zero-order valence-electron chi connectivity index (χ0n) is 12.6. The first-order chi connectivity index (χ1) is 10.8. The van der Waals surface area contributed by atoms with Crippen LogP contribution in [0.3, 0.4) is 0 Å². The average molecular weight is 357 g/mol. The minimum atomic E-state index is -1.03. The number of halogens is 2. The molecule has 0 aliphatic heterocycles. The van der Waals surface area contributed by atoms with Gasteiger partial charge in [0.25, 0.3) is 5.91 Å².